The van der Waals surface area contributed by atoms with Gasteiger partial charge in [-0.1, -0.05) is 0 Å². The second-order valence-electron chi connectivity index (χ2n) is 3.89. The van der Waals surface area contributed by atoms with Crippen LogP contribution in [0, 0.1) is 10.1 Å². The maximum atomic E-state index is 10.8. The molecule has 0 amide bonds. The van der Waals surface area contributed by atoms with E-state index >= 15 is 0 Å². The number of thioether (sulfide) groups is 1. The van der Waals surface area contributed by atoms with Crippen molar-refractivity contribution in [1.29, 1.82) is 0 Å². The summed E-state index contributed by atoms with van der Waals surface area (Å²) in [5.74, 6) is 1.07. The standard InChI is InChI=1S/C12H16N2O3S/c1-13(6-3-7-18-2)11-4-5-12(14(16)17)10(8-11)9-15/h4-5,8-9H,3,6-7H2,1-2H3. The van der Waals surface area contributed by atoms with Crippen LogP contribution in [0.4, 0.5) is 11.4 Å². The molecule has 1 aromatic rings. The molecule has 0 spiro atoms. The van der Waals surface area contributed by atoms with Crippen LogP contribution in [0.1, 0.15) is 16.8 Å². The molecule has 1 aromatic carbocycles. The Balaban J connectivity index is 2.84. The summed E-state index contributed by atoms with van der Waals surface area (Å²) in [6, 6.07) is 4.61. The fourth-order valence-corrected chi connectivity index (χ4v) is 2.03. The van der Waals surface area contributed by atoms with Gasteiger partial charge in [0.25, 0.3) is 5.69 Å². The largest absolute Gasteiger partial charge is 0.375 e. The second-order valence-corrected chi connectivity index (χ2v) is 4.87. The molecule has 0 unspecified atom stereocenters. The van der Waals surface area contributed by atoms with Crippen molar-refractivity contribution < 1.29 is 9.72 Å². The van der Waals surface area contributed by atoms with E-state index < -0.39 is 4.92 Å². The number of rotatable bonds is 7. The minimum Gasteiger partial charge on any atom is -0.375 e. The Bertz CT molecular complexity index is 437. The van der Waals surface area contributed by atoms with E-state index in [0.29, 0.717) is 6.29 Å². The van der Waals surface area contributed by atoms with Crippen molar-refractivity contribution in [3.63, 3.8) is 0 Å². The van der Waals surface area contributed by atoms with Crippen molar-refractivity contribution in [2.75, 3.05) is 30.5 Å². The lowest BCUT2D eigenvalue weighted by atomic mass is 10.1. The van der Waals surface area contributed by atoms with E-state index in [1.807, 2.05) is 11.9 Å². The summed E-state index contributed by atoms with van der Waals surface area (Å²) >= 11 is 1.78. The highest BCUT2D eigenvalue weighted by Gasteiger charge is 2.14. The van der Waals surface area contributed by atoms with Crippen LogP contribution in [-0.4, -0.2) is 36.8 Å². The van der Waals surface area contributed by atoms with Crippen LogP contribution in [0.3, 0.4) is 0 Å². The summed E-state index contributed by atoms with van der Waals surface area (Å²) < 4.78 is 0. The molecule has 18 heavy (non-hydrogen) atoms. The molecule has 6 heteroatoms. The van der Waals surface area contributed by atoms with Crippen LogP contribution < -0.4 is 4.90 Å². The predicted octanol–water partition coefficient (Wildman–Crippen LogP) is 2.60. The normalized spacial score (nSPS) is 10.1. The van der Waals surface area contributed by atoms with Crippen LogP contribution in [-0.2, 0) is 0 Å². The Morgan fingerprint density at radius 1 is 1.50 bits per heavy atom. The van der Waals surface area contributed by atoms with Gasteiger partial charge in [-0.25, -0.2) is 0 Å². The summed E-state index contributed by atoms with van der Waals surface area (Å²) in [7, 11) is 1.91. The van der Waals surface area contributed by atoms with Crippen molar-refractivity contribution in [2.24, 2.45) is 0 Å². The number of nitro benzene ring substituents is 1. The van der Waals surface area contributed by atoms with Crippen molar-refractivity contribution in [1.82, 2.24) is 0 Å². The molecule has 5 nitrogen and oxygen atoms in total. The zero-order valence-corrected chi connectivity index (χ0v) is 11.3. The topological polar surface area (TPSA) is 63.4 Å². The van der Waals surface area contributed by atoms with Crippen LogP contribution in [0.5, 0.6) is 0 Å². The zero-order chi connectivity index (χ0) is 13.5. The number of hydrogen-bond acceptors (Lipinski definition) is 5. The highest BCUT2D eigenvalue weighted by Crippen LogP contribution is 2.23. The van der Waals surface area contributed by atoms with Gasteiger partial charge in [0.1, 0.15) is 0 Å². The summed E-state index contributed by atoms with van der Waals surface area (Å²) in [6.07, 6.45) is 3.61. The first kappa shape index (κ1) is 14.5. The van der Waals surface area contributed by atoms with Gasteiger partial charge in [0, 0.05) is 25.3 Å². The Kier molecular flexibility index (Phi) is 5.64. The molecule has 0 saturated heterocycles. The van der Waals surface area contributed by atoms with E-state index in [4.69, 9.17) is 0 Å². The number of carbonyl (C=O) groups excluding carboxylic acids is 1. The number of nitrogens with zero attached hydrogens (tertiary/aromatic N) is 2. The quantitative estimate of drug-likeness (QED) is 0.329. The molecule has 98 valence electrons. The number of nitro groups is 1. The number of hydrogen-bond donors (Lipinski definition) is 0. The first-order chi connectivity index (χ1) is 8.60. The molecule has 0 aromatic heterocycles. The predicted molar refractivity (Wildman–Crippen MR) is 74.8 cm³/mol. The van der Waals surface area contributed by atoms with E-state index in [9.17, 15) is 14.9 Å². The van der Waals surface area contributed by atoms with Gasteiger partial charge in [-0.2, -0.15) is 11.8 Å². The maximum absolute atomic E-state index is 10.8. The van der Waals surface area contributed by atoms with Crippen LogP contribution in [0.25, 0.3) is 0 Å². The maximum Gasteiger partial charge on any atom is 0.280 e. The monoisotopic (exact) mass is 268 g/mol. The molecule has 0 atom stereocenters. The second kappa shape index (κ2) is 7.00. The lowest BCUT2D eigenvalue weighted by Crippen LogP contribution is -2.19. The third kappa shape index (κ3) is 3.73. The van der Waals surface area contributed by atoms with Gasteiger partial charge in [0.15, 0.2) is 6.29 Å². The molecule has 0 heterocycles. The molecule has 0 aliphatic heterocycles. The lowest BCUT2D eigenvalue weighted by Gasteiger charge is -2.19. The van der Waals surface area contributed by atoms with Gasteiger partial charge in [-0.05, 0) is 30.6 Å². The Morgan fingerprint density at radius 2 is 2.22 bits per heavy atom. The molecule has 0 aliphatic rings. The highest BCUT2D eigenvalue weighted by molar-refractivity contribution is 7.98. The van der Waals surface area contributed by atoms with Crippen LogP contribution >= 0.6 is 11.8 Å². The summed E-state index contributed by atoms with van der Waals surface area (Å²) in [4.78, 5) is 23.0. The van der Waals surface area contributed by atoms with E-state index in [0.717, 1.165) is 24.4 Å². The minimum atomic E-state index is -0.540. The van der Waals surface area contributed by atoms with E-state index in [2.05, 4.69) is 6.26 Å². The van der Waals surface area contributed by atoms with Crippen molar-refractivity contribution >= 4 is 29.4 Å². The smallest absolute Gasteiger partial charge is 0.280 e. The fraction of sp³-hybridized carbons (Fsp3) is 0.417. The summed E-state index contributed by atoms with van der Waals surface area (Å²) in [5, 5.41) is 10.7. The van der Waals surface area contributed by atoms with Gasteiger partial charge in [-0.3, -0.25) is 14.9 Å². The van der Waals surface area contributed by atoms with Gasteiger partial charge in [-0.15, -0.1) is 0 Å². The van der Waals surface area contributed by atoms with Crippen molar-refractivity contribution in [3.05, 3.63) is 33.9 Å². The number of carbonyl (C=O) groups is 1. The molecule has 0 fully saturated rings. The molecule has 0 aliphatic carbocycles. The molecular weight excluding hydrogens is 252 g/mol. The minimum absolute atomic E-state index is 0.120. The lowest BCUT2D eigenvalue weighted by molar-refractivity contribution is -0.385. The Hall–Kier alpha value is -1.56. The molecular formula is C12H16N2O3S. The molecule has 0 radical (unpaired) electrons. The van der Waals surface area contributed by atoms with Gasteiger partial charge in [0.05, 0.1) is 10.5 Å². The summed E-state index contributed by atoms with van der Waals surface area (Å²) in [5.41, 5.74) is 0.796. The first-order valence-electron chi connectivity index (χ1n) is 5.54. The van der Waals surface area contributed by atoms with Crippen LogP contribution in [0.2, 0.25) is 0 Å². The van der Waals surface area contributed by atoms with Crippen LogP contribution in [0.15, 0.2) is 18.2 Å². The third-order valence-corrected chi connectivity index (χ3v) is 3.31. The zero-order valence-electron chi connectivity index (χ0n) is 10.5. The van der Waals surface area contributed by atoms with Gasteiger partial charge in [0.2, 0.25) is 0 Å². The average Bonchev–Trinajstić information content (AvgIpc) is 2.37. The number of anilines is 1. The van der Waals surface area contributed by atoms with E-state index in [1.54, 1.807) is 23.9 Å². The third-order valence-electron chi connectivity index (χ3n) is 2.62. The molecule has 0 saturated carbocycles. The Morgan fingerprint density at radius 3 is 2.78 bits per heavy atom. The van der Waals surface area contributed by atoms with E-state index in [-0.39, 0.29) is 11.3 Å². The van der Waals surface area contributed by atoms with Gasteiger partial charge < -0.3 is 4.90 Å². The number of aldehydes is 1. The van der Waals surface area contributed by atoms with E-state index in [1.165, 1.54) is 6.07 Å². The van der Waals surface area contributed by atoms with Crippen molar-refractivity contribution in [3.8, 4) is 0 Å². The van der Waals surface area contributed by atoms with Gasteiger partial charge >= 0.3 is 0 Å². The number of benzene rings is 1. The average molecular weight is 268 g/mol. The molecule has 0 N–H and O–H groups in total. The van der Waals surface area contributed by atoms with Crippen molar-refractivity contribution in [2.45, 2.75) is 6.42 Å². The SMILES string of the molecule is CSCCCN(C)c1ccc([N+](=O)[O-])c(C=O)c1. The molecule has 0 bridgehead atoms. The fourth-order valence-electron chi connectivity index (χ4n) is 1.62. The molecule has 1 rings (SSSR count). The first-order valence-corrected chi connectivity index (χ1v) is 6.93. The summed E-state index contributed by atoms with van der Waals surface area (Å²) in [6.45, 7) is 0.858. The highest BCUT2D eigenvalue weighted by atomic mass is 32.2. The Labute approximate surface area is 110 Å².